The summed E-state index contributed by atoms with van der Waals surface area (Å²) in [5, 5.41) is 99.7. The molecule has 0 saturated carbocycles. The van der Waals surface area contributed by atoms with Crippen LogP contribution >= 0.6 is 0 Å². The van der Waals surface area contributed by atoms with Crippen molar-refractivity contribution in [2.45, 2.75) is 61.4 Å². The van der Waals surface area contributed by atoms with Gasteiger partial charge in [-0.1, -0.05) is 0 Å². The third-order valence-electron chi connectivity index (χ3n) is 7.01. The lowest BCUT2D eigenvalue weighted by atomic mass is 9.99. The molecule has 0 bridgehead atoms. The summed E-state index contributed by atoms with van der Waals surface area (Å²) in [6.45, 7) is -1.43. The fourth-order valence-corrected chi connectivity index (χ4v) is 4.75. The largest absolute Gasteiger partial charge is 0.507 e. The molecule has 1 aromatic heterocycles. The molecular formula is C25H28O16. The van der Waals surface area contributed by atoms with Crippen molar-refractivity contribution in [3.63, 3.8) is 0 Å². The minimum Gasteiger partial charge on any atom is -0.507 e. The van der Waals surface area contributed by atoms with E-state index in [1.165, 1.54) is 0 Å². The zero-order chi connectivity index (χ0) is 29.7. The van der Waals surface area contributed by atoms with Crippen LogP contribution in [0.25, 0.3) is 21.9 Å². The Kier molecular flexibility index (Phi) is 7.96. The van der Waals surface area contributed by atoms with Crippen molar-refractivity contribution in [1.29, 1.82) is 0 Å². The van der Waals surface area contributed by atoms with Crippen molar-refractivity contribution in [3.8, 4) is 23.0 Å². The zero-order valence-electron chi connectivity index (χ0n) is 20.9. The topological polar surface area (TPSA) is 269 Å². The fraction of sp³-hybridized carbons (Fsp3) is 0.480. The number of rotatable bonds is 6. The van der Waals surface area contributed by atoms with Gasteiger partial charge in [0.15, 0.2) is 11.3 Å². The van der Waals surface area contributed by atoms with E-state index < -0.39 is 108 Å². The Morgan fingerprint density at radius 1 is 0.683 bits per heavy atom. The molecule has 0 amide bonds. The summed E-state index contributed by atoms with van der Waals surface area (Å²) in [5.41, 5.74) is -1.63. The van der Waals surface area contributed by atoms with Crippen LogP contribution in [0.3, 0.4) is 0 Å². The van der Waals surface area contributed by atoms with Crippen LogP contribution in [-0.2, 0) is 9.47 Å². The number of fused-ring (bicyclic) bond motifs is 2. The molecule has 2 saturated heterocycles. The molecule has 10 N–H and O–H groups in total. The number of hydrogen-bond donors (Lipinski definition) is 10. The molecule has 16 heteroatoms. The van der Waals surface area contributed by atoms with Crippen molar-refractivity contribution >= 4 is 21.9 Å². The van der Waals surface area contributed by atoms with Gasteiger partial charge in [0.2, 0.25) is 18.0 Å². The number of phenols is 2. The van der Waals surface area contributed by atoms with Gasteiger partial charge >= 0.3 is 0 Å². The summed E-state index contributed by atoms with van der Waals surface area (Å²) in [6, 6.07) is 4.30. The molecule has 2 aliphatic rings. The maximum atomic E-state index is 13.5. The fourth-order valence-electron chi connectivity index (χ4n) is 4.75. The first kappa shape index (κ1) is 29.2. The van der Waals surface area contributed by atoms with Crippen LogP contribution in [0.2, 0.25) is 0 Å². The number of benzene rings is 2. The summed E-state index contributed by atoms with van der Waals surface area (Å²) in [6.07, 6.45) is -16.2. The lowest BCUT2D eigenvalue weighted by Crippen LogP contribution is -2.60. The van der Waals surface area contributed by atoms with Gasteiger partial charge in [-0.05, 0) is 12.1 Å². The highest BCUT2D eigenvalue weighted by atomic mass is 16.7. The molecule has 41 heavy (non-hydrogen) atoms. The first-order chi connectivity index (χ1) is 19.5. The van der Waals surface area contributed by atoms with Crippen LogP contribution in [0.4, 0.5) is 0 Å². The number of hydrogen-bond acceptors (Lipinski definition) is 16. The monoisotopic (exact) mass is 584 g/mol. The molecule has 0 spiro atoms. The minimum atomic E-state index is -1.81. The highest BCUT2D eigenvalue weighted by Crippen LogP contribution is 2.38. The van der Waals surface area contributed by atoms with E-state index in [0.717, 1.165) is 24.3 Å². The molecule has 3 aromatic rings. The number of phenolic OH excluding ortho intramolecular Hbond substituents is 2. The van der Waals surface area contributed by atoms with Gasteiger partial charge in [-0.2, -0.15) is 0 Å². The van der Waals surface area contributed by atoms with Crippen molar-refractivity contribution in [3.05, 3.63) is 34.5 Å². The van der Waals surface area contributed by atoms with E-state index in [2.05, 4.69) is 0 Å². The summed E-state index contributed by atoms with van der Waals surface area (Å²) in [5.74, 6) is -1.74. The van der Waals surface area contributed by atoms with E-state index in [-0.39, 0.29) is 17.1 Å². The first-order valence-corrected chi connectivity index (χ1v) is 12.4. The molecule has 2 aromatic carbocycles. The van der Waals surface area contributed by atoms with Gasteiger partial charge in [0.05, 0.1) is 13.2 Å². The quantitative estimate of drug-likeness (QED) is 0.127. The van der Waals surface area contributed by atoms with Crippen molar-refractivity contribution < 1.29 is 74.4 Å². The standard InChI is InChI=1S/C25H28O16/c26-5-12-16(30)19(33)21(35)24(40-12)37-7-3-9(29)14-11(4-7)38-23-8(28)1-2-10(15(23)18(14)32)39-25-22(36)20(34)17(31)13(6-27)41-25/h1-4,12-13,16-17,19-22,24-31,33-36H,5-6H2/t12-,13-,16-,17-,19+,20+,21-,22-,24-,25-/m1/s1. The summed E-state index contributed by atoms with van der Waals surface area (Å²) >= 11 is 0. The van der Waals surface area contributed by atoms with Crippen LogP contribution in [0.5, 0.6) is 23.0 Å². The van der Waals surface area contributed by atoms with Gasteiger partial charge in [-0.25, -0.2) is 0 Å². The summed E-state index contributed by atoms with van der Waals surface area (Å²) in [7, 11) is 0. The lowest BCUT2D eigenvalue weighted by molar-refractivity contribution is -0.277. The van der Waals surface area contributed by atoms with Crippen LogP contribution in [0.1, 0.15) is 0 Å². The van der Waals surface area contributed by atoms with Gasteiger partial charge in [0.1, 0.15) is 82.4 Å². The molecule has 224 valence electrons. The van der Waals surface area contributed by atoms with E-state index in [4.69, 9.17) is 23.4 Å². The number of aromatic hydroxyl groups is 2. The van der Waals surface area contributed by atoms with E-state index in [1.54, 1.807) is 0 Å². The van der Waals surface area contributed by atoms with Crippen LogP contribution in [0, 0.1) is 0 Å². The maximum Gasteiger partial charge on any atom is 0.229 e. The smallest absolute Gasteiger partial charge is 0.229 e. The van der Waals surface area contributed by atoms with E-state index in [9.17, 15) is 55.9 Å². The van der Waals surface area contributed by atoms with E-state index in [0.29, 0.717) is 0 Å². The summed E-state index contributed by atoms with van der Waals surface area (Å²) < 4.78 is 27.4. The molecule has 3 heterocycles. The Bertz CT molecular complexity index is 1470. The molecule has 0 unspecified atom stereocenters. The Labute approximate surface area is 229 Å². The van der Waals surface area contributed by atoms with Gasteiger partial charge < -0.3 is 74.4 Å². The van der Waals surface area contributed by atoms with Crippen molar-refractivity contribution in [2.24, 2.45) is 0 Å². The average molecular weight is 584 g/mol. The van der Waals surface area contributed by atoms with Gasteiger partial charge in [-0.15, -0.1) is 0 Å². The average Bonchev–Trinajstić information content (AvgIpc) is 2.94. The summed E-state index contributed by atoms with van der Waals surface area (Å²) in [4.78, 5) is 13.5. The molecule has 2 fully saturated rings. The van der Waals surface area contributed by atoms with Gasteiger partial charge in [0, 0.05) is 12.1 Å². The lowest BCUT2D eigenvalue weighted by Gasteiger charge is -2.39. The van der Waals surface area contributed by atoms with E-state index in [1.807, 2.05) is 0 Å². The molecule has 16 nitrogen and oxygen atoms in total. The second-order valence-electron chi connectivity index (χ2n) is 9.66. The highest BCUT2D eigenvalue weighted by Gasteiger charge is 2.46. The second kappa shape index (κ2) is 11.2. The number of ether oxygens (including phenoxy) is 4. The van der Waals surface area contributed by atoms with Crippen molar-refractivity contribution in [2.75, 3.05) is 13.2 Å². The Morgan fingerprint density at radius 3 is 1.80 bits per heavy atom. The second-order valence-corrected chi connectivity index (χ2v) is 9.66. The van der Waals surface area contributed by atoms with Crippen molar-refractivity contribution in [1.82, 2.24) is 0 Å². The molecule has 0 radical (unpaired) electrons. The van der Waals surface area contributed by atoms with E-state index >= 15 is 0 Å². The van der Waals surface area contributed by atoms with Crippen LogP contribution < -0.4 is 14.9 Å². The van der Waals surface area contributed by atoms with Gasteiger partial charge in [0.25, 0.3) is 0 Å². The molecule has 10 atom stereocenters. The van der Waals surface area contributed by atoms with Gasteiger partial charge in [-0.3, -0.25) is 4.79 Å². The van der Waals surface area contributed by atoms with Crippen LogP contribution in [-0.4, -0.2) is 126 Å². The Hall–Kier alpha value is -3.29. The predicted octanol–water partition coefficient (Wildman–Crippen LogP) is -3.29. The molecule has 0 aliphatic carbocycles. The van der Waals surface area contributed by atoms with Crippen LogP contribution in [0.15, 0.2) is 33.5 Å². The maximum absolute atomic E-state index is 13.5. The Balaban J connectivity index is 1.53. The molecule has 5 rings (SSSR count). The Morgan fingerprint density at radius 2 is 1.24 bits per heavy atom. The highest BCUT2D eigenvalue weighted by molar-refractivity contribution is 5.98. The SMILES string of the molecule is O=c1c2c(O)cc(O[C@@H]3O[C@H](CO)[C@@H](O)[C@H](O)[C@H]3O)cc2oc2c(O)ccc(O[C@@H]3O[C@H](CO)[C@@H](O)[C@H](O)[C@H]3O)c12. The predicted molar refractivity (Wildman–Crippen MR) is 132 cm³/mol. The molecule has 2 aliphatic heterocycles. The third-order valence-corrected chi connectivity index (χ3v) is 7.01. The minimum absolute atomic E-state index is 0.227. The zero-order valence-corrected chi connectivity index (χ0v) is 20.9. The third kappa shape index (κ3) is 5.04. The first-order valence-electron chi connectivity index (χ1n) is 12.4. The number of aliphatic hydroxyl groups is 8. The number of aliphatic hydroxyl groups excluding tert-OH is 8. The normalized spacial score (nSPS) is 34.1. The molecular weight excluding hydrogens is 556 g/mol.